The second-order valence-electron chi connectivity index (χ2n) is 7.82. The summed E-state index contributed by atoms with van der Waals surface area (Å²) >= 11 is 0. The Morgan fingerprint density at radius 2 is 1.00 bits per heavy atom. The van der Waals surface area contributed by atoms with Crippen LogP contribution in [0.3, 0.4) is 0 Å². The van der Waals surface area contributed by atoms with Crippen molar-refractivity contribution < 1.29 is 4.74 Å². The molecule has 0 aliphatic heterocycles. The normalized spacial score (nSPS) is 11.0. The lowest BCUT2D eigenvalue weighted by molar-refractivity contribution is 0.304. The molecule has 1 nitrogen and oxygen atoms in total. The predicted molar refractivity (Wildman–Crippen MR) is 133 cm³/mol. The van der Waals surface area contributed by atoms with Crippen molar-refractivity contribution in [1.82, 2.24) is 0 Å². The van der Waals surface area contributed by atoms with Crippen LogP contribution in [0.4, 0.5) is 0 Å². The van der Waals surface area contributed by atoms with Gasteiger partial charge in [0.25, 0.3) is 0 Å². The smallest absolute Gasteiger partial charge is 0.119 e. The van der Waals surface area contributed by atoms with Crippen molar-refractivity contribution in [2.75, 3.05) is 6.61 Å². The maximum atomic E-state index is 6.00. The Kier molecular flexibility index (Phi) is 9.97. The van der Waals surface area contributed by atoms with Crippen LogP contribution in [0.1, 0.15) is 58.3 Å². The Balaban J connectivity index is 1.52. The monoisotopic (exact) mass is 418 g/mol. The summed E-state index contributed by atoms with van der Waals surface area (Å²) in [5.41, 5.74) is 0. The lowest BCUT2D eigenvalue weighted by Crippen LogP contribution is -2.20. The number of benzene rings is 3. The van der Waals surface area contributed by atoms with Crippen LogP contribution in [0.2, 0.25) is 0 Å². The quantitative estimate of drug-likeness (QED) is 0.215. The summed E-state index contributed by atoms with van der Waals surface area (Å²) in [5.74, 6) is 0.984. The van der Waals surface area contributed by atoms with Crippen LogP contribution in [0.15, 0.2) is 84.9 Å². The fourth-order valence-electron chi connectivity index (χ4n) is 3.72. The van der Waals surface area contributed by atoms with Gasteiger partial charge in [-0.15, -0.1) is 0 Å². The molecular weight excluding hydrogens is 383 g/mol. The molecule has 2 heteroatoms. The van der Waals surface area contributed by atoms with Crippen molar-refractivity contribution >= 4 is 23.8 Å². The van der Waals surface area contributed by atoms with Gasteiger partial charge in [-0.3, -0.25) is 0 Å². The van der Waals surface area contributed by atoms with E-state index < -0.39 is 7.92 Å². The van der Waals surface area contributed by atoms with E-state index in [2.05, 4.69) is 91.9 Å². The SMILES string of the molecule is CCCCCCCCCCOc1ccc(P(c2ccccc2)c2ccccc2)cc1. The fourth-order valence-corrected chi connectivity index (χ4v) is 6.00. The molecule has 0 aliphatic carbocycles. The maximum absolute atomic E-state index is 6.00. The van der Waals surface area contributed by atoms with Gasteiger partial charge < -0.3 is 4.74 Å². The lowest BCUT2D eigenvalue weighted by Gasteiger charge is -2.19. The zero-order chi connectivity index (χ0) is 20.9. The van der Waals surface area contributed by atoms with E-state index in [0.717, 1.165) is 18.8 Å². The molecule has 0 fully saturated rings. The predicted octanol–water partition coefficient (Wildman–Crippen LogP) is 6.96. The van der Waals surface area contributed by atoms with E-state index >= 15 is 0 Å². The van der Waals surface area contributed by atoms with Crippen molar-refractivity contribution in [3.05, 3.63) is 84.9 Å². The van der Waals surface area contributed by atoms with E-state index in [-0.39, 0.29) is 0 Å². The Bertz CT molecular complexity index is 775. The van der Waals surface area contributed by atoms with Gasteiger partial charge in [-0.25, -0.2) is 0 Å². The van der Waals surface area contributed by atoms with Gasteiger partial charge in [0.1, 0.15) is 5.75 Å². The van der Waals surface area contributed by atoms with Gasteiger partial charge in [-0.05, 0) is 42.4 Å². The molecule has 0 aliphatic rings. The third-order valence-electron chi connectivity index (χ3n) is 5.39. The molecule has 0 amide bonds. The van der Waals surface area contributed by atoms with E-state index in [0.29, 0.717) is 0 Å². The highest BCUT2D eigenvalue weighted by Crippen LogP contribution is 2.33. The third-order valence-corrected chi connectivity index (χ3v) is 7.83. The van der Waals surface area contributed by atoms with Gasteiger partial charge in [-0.2, -0.15) is 0 Å². The molecule has 30 heavy (non-hydrogen) atoms. The zero-order valence-electron chi connectivity index (χ0n) is 18.3. The van der Waals surface area contributed by atoms with Crippen LogP contribution >= 0.6 is 7.92 Å². The number of ether oxygens (including phenoxy) is 1. The molecule has 158 valence electrons. The Morgan fingerprint density at radius 3 is 1.53 bits per heavy atom. The minimum absolute atomic E-state index is 0.542. The van der Waals surface area contributed by atoms with Crippen LogP contribution in [0, 0.1) is 0 Å². The van der Waals surface area contributed by atoms with Crippen LogP contribution in [0.25, 0.3) is 0 Å². The van der Waals surface area contributed by atoms with E-state index in [4.69, 9.17) is 4.74 Å². The molecular formula is C28H35OP. The van der Waals surface area contributed by atoms with E-state index in [1.54, 1.807) is 0 Å². The van der Waals surface area contributed by atoms with Gasteiger partial charge in [-0.1, -0.05) is 125 Å². The number of hydrogen-bond acceptors (Lipinski definition) is 1. The molecule has 0 spiro atoms. The van der Waals surface area contributed by atoms with Crippen LogP contribution in [0.5, 0.6) is 5.75 Å². The summed E-state index contributed by atoms with van der Waals surface area (Å²) in [7, 11) is -0.542. The summed E-state index contributed by atoms with van der Waals surface area (Å²) in [6, 6.07) is 30.4. The second kappa shape index (κ2) is 13.2. The molecule has 0 heterocycles. The molecule has 0 aromatic heterocycles. The summed E-state index contributed by atoms with van der Waals surface area (Å²) in [5, 5.41) is 4.12. The molecule has 0 unspecified atom stereocenters. The first-order chi connectivity index (χ1) is 14.9. The van der Waals surface area contributed by atoms with Crippen molar-refractivity contribution in [2.24, 2.45) is 0 Å². The van der Waals surface area contributed by atoms with Crippen molar-refractivity contribution in [3.63, 3.8) is 0 Å². The Hall–Kier alpha value is -2.11. The number of hydrogen-bond donors (Lipinski definition) is 0. The van der Waals surface area contributed by atoms with Crippen molar-refractivity contribution in [1.29, 1.82) is 0 Å². The molecule has 0 bridgehead atoms. The van der Waals surface area contributed by atoms with Gasteiger partial charge >= 0.3 is 0 Å². The topological polar surface area (TPSA) is 9.23 Å². The summed E-state index contributed by atoms with van der Waals surface area (Å²) in [6.45, 7) is 3.09. The molecule has 0 saturated heterocycles. The molecule has 0 N–H and O–H groups in total. The first-order valence-electron chi connectivity index (χ1n) is 11.5. The molecule has 0 atom stereocenters. The number of rotatable bonds is 13. The molecule has 0 radical (unpaired) electrons. The van der Waals surface area contributed by atoms with Gasteiger partial charge in [0, 0.05) is 0 Å². The van der Waals surface area contributed by atoms with Gasteiger partial charge in [0.2, 0.25) is 0 Å². The van der Waals surface area contributed by atoms with E-state index in [1.807, 2.05) is 0 Å². The largest absolute Gasteiger partial charge is 0.494 e. The van der Waals surface area contributed by atoms with E-state index in [1.165, 1.54) is 60.9 Å². The molecule has 3 rings (SSSR count). The Labute approximate surface area is 184 Å². The first-order valence-corrected chi connectivity index (χ1v) is 12.9. The fraction of sp³-hybridized carbons (Fsp3) is 0.357. The summed E-state index contributed by atoms with van der Waals surface area (Å²) < 4.78 is 6.00. The Morgan fingerprint density at radius 1 is 0.533 bits per heavy atom. The molecule has 3 aromatic carbocycles. The van der Waals surface area contributed by atoms with Gasteiger partial charge in [0.05, 0.1) is 6.61 Å². The molecule has 0 saturated carbocycles. The highest BCUT2D eigenvalue weighted by molar-refractivity contribution is 7.79. The van der Waals surface area contributed by atoms with Crippen molar-refractivity contribution in [3.8, 4) is 5.75 Å². The average molecular weight is 419 g/mol. The zero-order valence-corrected chi connectivity index (χ0v) is 19.2. The van der Waals surface area contributed by atoms with Crippen LogP contribution in [-0.2, 0) is 0 Å². The minimum Gasteiger partial charge on any atom is -0.494 e. The third kappa shape index (κ3) is 7.29. The maximum Gasteiger partial charge on any atom is 0.119 e. The van der Waals surface area contributed by atoms with Crippen molar-refractivity contribution in [2.45, 2.75) is 58.3 Å². The minimum atomic E-state index is -0.542. The van der Waals surface area contributed by atoms with E-state index in [9.17, 15) is 0 Å². The summed E-state index contributed by atoms with van der Waals surface area (Å²) in [6.07, 6.45) is 10.6. The highest BCUT2D eigenvalue weighted by atomic mass is 31.1. The molecule has 3 aromatic rings. The number of unbranched alkanes of at least 4 members (excludes halogenated alkanes) is 7. The van der Waals surface area contributed by atoms with Crippen LogP contribution in [-0.4, -0.2) is 6.61 Å². The average Bonchev–Trinajstić information content (AvgIpc) is 2.81. The standard InChI is InChI=1S/C28H35OP/c1-2-3-4-5-6-7-8-15-24-29-25-20-22-28(23-21-25)30(26-16-11-9-12-17-26)27-18-13-10-14-19-27/h9-14,16-23H,2-8,15,24H2,1H3. The first kappa shape index (κ1) is 22.6. The second-order valence-corrected chi connectivity index (χ2v) is 10.0. The summed E-state index contributed by atoms with van der Waals surface area (Å²) in [4.78, 5) is 0. The highest BCUT2D eigenvalue weighted by Gasteiger charge is 2.15. The lowest BCUT2D eigenvalue weighted by atomic mass is 10.1. The van der Waals surface area contributed by atoms with Gasteiger partial charge in [0.15, 0.2) is 0 Å². The van der Waals surface area contributed by atoms with Crippen LogP contribution < -0.4 is 20.7 Å².